The number of nitrogens with zero attached hydrogens (tertiary/aromatic N) is 2. The summed E-state index contributed by atoms with van der Waals surface area (Å²) in [6.45, 7) is 6.08. The second-order valence-electron chi connectivity index (χ2n) is 7.18. The molecular formula is C21H23N3O2. The lowest BCUT2D eigenvalue weighted by Gasteiger charge is -2.28. The zero-order valence-corrected chi connectivity index (χ0v) is 14.7. The van der Waals surface area contributed by atoms with Gasteiger partial charge in [0.1, 0.15) is 5.69 Å². The number of likely N-dealkylation sites (tertiary alicyclic amines) is 2. The minimum atomic E-state index is -0.535. The van der Waals surface area contributed by atoms with Gasteiger partial charge in [0.2, 0.25) is 5.91 Å². The predicted molar refractivity (Wildman–Crippen MR) is 99.7 cm³/mol. The number of rotatable bonds is 4. The van der Waals surface area contributed by atoms with Gasteiger partial charge in [0.05, 0.1) is 5.41 Å². The summed E-state index contributed by atoms with van der Waals surface area (Å²) in [6, 6.07) is 13.7. The summed E-state index contributed by atoms with van der Waals surface area (Å²) < 4.78 is 0. The number of benzene rings is 1. The lowest BCUT2D eigenvalue weighted by molar-refractivity contribution is -0.135. The molecule has 0 aliphatic carbocycles. The molecule has 2 aliphatic rings. The van der Waals surface area contributed by atoms with E-state index in [1.165, 1.54) is 0 Å². The van der Waals surface area contributed by atoms with Gasteiger partial charge in [-0.05, 0) is 24.1 Å². The van der Waals surface area contributed by atoms with E-state index < -0.39 is 5.41 Å². The monoisotopic (exact) mass is 349 g/mol. The molecule has 2 atom stereocenters. The maximum absolute atomic E-state index is 13.3. The minimum Gasteiger partial charge on any atom is -0.357 e. The lowest BCUT2D eigenvalue weighted by Crippen LogP contribution is -2.40. The highest BCUT2D eigenvalue weighted by Crippen LogP contribution is 2.50. The van der Waals surface area contributed by atoms with E-state index in [0.29, 0.717) is 25.3 Å². The SMILES string of the molecule is C=CCN1CC[C@@]2(CN(C(=O)c3ccc[nH]3)C[C@H]2c2ccccc2)C1=O. The van der Waals surface area contributed by atoms with Crippen molar-refractivity contribution in [3.8, 4) is 0 Å². The minimum absolute atomic E-state index is 0.0185. The molecule has 1 aromatic heterocycles. The Kier molecular flexibility index (Phi) is 4.15. The van der Waals surface area contributed by atoms with Crippen LogP contribution in [0.2, 0.25) is 0 Å². The largest absolute Gasteiger partial charge is 0.357 e. The molecule has 134 valence electrons. The Labute approximate surface area is 153 Å². The fraction of sp³-hybridized carbons (Fsp3) is 0.333. The smallest absolute Gasteiger partial charge is 0.270 e. The van der Waals surface area contributed by atoms with Crippen LogP contribution in [-0.4, -0.2) is 52.8 Å². The molecule has 1 N–H and O–H groups in total. The number of carbonyl (C=O) groups excluding carboxylic acids is 2. The molecule has 0 radical (unpaired) electrons. The van der Waals surface area contributed by atoms with E-state index in [0.717, 1.165) is 18.5 Å². The predicted octanol–water partition coefficient (Wildman–Crippen LogP) is 2.66. The van der Waals surface area contributed by atoms with Crippen molar-refractivity contribution in [2.24, 2.45) is 5.41 Å². The van der Waals surface area contributed by atoms with E-state index in [2.05, 4.69) is 23.7 Å². The Morgan fingerprint density at radius 3 is 2.77 bits per heavy atom. The summed E-state index contributed by atoms with van der Waals surface area (Å²) in [5, 5.41) is 0. The van der Waals surface area contributed by atoms with Crippen molar-refractivity contribution in [3.05, 3.63) is 72.6 Å². The first-order valence-electron chi connectivity index (χ1n) is 9.03. The first-order valence-corrected chi connectivity index (χ1v) is 9.03. The third-order valence-electron chi connectivity index (χ3n) is 5.75. The van der Waals surface area contributed by atoms with Gasteiger partial charge in [-0.2, -0.15) is 0 Å². The molecule has 1 spiro atoms. The average Bonchev–Trinajstić information content (AvgIpc) is 3.39. The van der Waals surface area contributed by atoms with Crippen LogP contribution in [0.3, 0.4) is 0 Å². The summed E-state index contributed by atoms with van der Waals surface area (Å²) in [7, 11) is 0. The third-order valence-corrected chi connectivity index (χ3v) is 5.75. The van der Waals surface area contributed by atoms with Crippen LogP contribution in [0, 0.1) is 5.41 Å². The van der Waals surface area contributed by atoms with Crippen LogP contribution in [0.5, 0.6) is 0 Å². The normalized spacial score (nSPS) is 25.2. The molecule has 2 aliphatic heterocycles. The Hall–Kier alpha value is -2.82. The van der Waals surface area contributed by atoms with Crippen LogP contribution < -0.4 is 0 Å². The molecule has 2 amide bonds. The zero-order valence-electron chi connectivity index (χ0n) is 14.7. The van der Waals surface area contributed by atoms with Gasteiger partial charge in [-0.3, -0.25) is 9.59 Å². The van der Waals surface area contributed by atoms with E-state index >= 15 is 0 Å². The van der Waals surface area contributed by atoms with Gasteiger partial charge in [0.25, 0.3) is 5.91 Å². The highest BCUT2D eigenvalue weighted by Gasteiger charge is 2.57. The summed E-state index contributed by atoms with van der Waals surface area (Å²) in [5.74, 6) is 0.126. The summed E-state index contributed by atoms with van der Waals surface area (Å²) >= 11 is 0. The van der Waals surface area contributed by atoms with Gasteiger partial charge in [-0.1, -0.05) is 36.4 Å². The second kappa shape index (κ2) is 6.48. The summed E-state index contributed by atoms with van der Waals surface area (Å²) in [4.78, 5) is 32.9. The second-order valence-corrected chi connectivity index (χ2v) is 7.18. The van der Waals surface area contributed by atoms with E-state index in [9.17, 15) is 9.59 Å². The molecule has 1 aromatic carbocycles. The number of hydrogen-bond donors (Lipinski definition) is 1. The number of H-pyrrole nitrogens is 1. The molecule has 4 rings (SSSR count). The molecular weight excluding hydrogens is 326 g/mol. The van der Waals surface area contributed by atoms with Gasteiger partial charge < -0.3 is 14.8 Å². The quantitative estimate of drug-likeness (QED) is 0.863. The molecule has 26 heavy (non-hydrogen) atoms. The van der Waals surface area contributed by atoms with Crippen molar-refractivity contribution in [1.29, 1.82) is 0 Å². The van der Waals surface area contributed by atoms with E-state index in [4.69, 9.17) is 0 Å². The van der Waals surface area contributed by atoms with Crippen LogP contribution in [0.15, 0.2) is 61.3 Å². The molecule has 2 fully saturated rings. The van der Waals surface area contributed by atoms with Crippen molar-refractivity contribution in [2.45, 2.75) is 12.3 Å². The molecule has 0 unspecified atom stereocenters. The molecule has 5 nitrogen and oxygen atoms in total. The fourth-order valence-corrected chi connectivity index (χ4v) is 4.47. The third kappa shape index (κ3) is 2.55. The molecule has 2 aromatic rings. The summed E-state index contributed by atoms with van der Waals surface area (Å²) in [6.07, 6.45) is 4.29. The average molecular weight is 349 g/mol. The van der Waals surface area contributed by atoms with Gasteiger partial charge in [-0.15, -0.1) is 6.58 Å². The Bertz CT molecular complexity index is 815. The standard InChI is InChI=1S/C21H23N3O2/c1-2-12-23-13-10-21(20(23)26)15-24(19(25)18-9-6-11-22-18)14-17(21)16-7-4-3-5-8-16/h2-9,11,17,22H,1,10,12-15H2/t17-,21-/m0/s1. The van der Waals surface area contributed by atoms with Crippen molar-refractivity contribution < 1.29 is 9.59 Å². The van der Waals surface area contributed by atoms with Crippen molar-refractivity contribution in [3.63, 3.8) is 0 Å². The van der Waals surface area contributed by atoms with Gasteiger partial charge in [-0.25, -0.2) is 0 Å². The maximum atomic E-state index is 13.3. The molecule has 0 saturated carbocycles. The number of carbonyl (C=O) groups is 2. The summed E-state index contributed by atoms with van der Waals surface area (Å²) in [5.41, 5.74) is 1.16. The first kappa shape index (κ1) is 16.6. The van der Waals surface area contributed by atoms with Crippen LogP contribution in [0.25, 0.3) is 0 Å². The number of nitrogens with one attached hydrogen (secondary N) is 1. The topological polar surface area (TPSA) is 56.4 Å². The maximum Gasteiger partial charge on any atom is 0.270 e. The molecule has 3 heterocycles. The van der Waals surface area contributed by atoms with Crippen molar-refractivity contribution in [2.75, 3.05) is 26.2 Å². The highest BCUT2D eigenvalue weighted by atomic mass is 16.2. The van der Waals surface area contributed by atoms with Gasteiger partial charge in [0.15, 0.2) is 0 Å². The zero-order chi connectivity index (χ0) is 18.1. The van der Waals surface area contributed by atoms with Crippen LogP contribution in [0.4, 0.5) is 0 Å². The first-order chi connectivity index (χ1) is 12.7. The number of amides is 2. The van der Waals surface area contributed by atoms with E-state index in [1.807, 2.05) is 34.1 Å². The number of hydrogen-bond acceptors (Lipinski definition) is 2. The molecule has 2 saturated heterocycles. The molecule has 5 heteroatoms. The highest BCUT2D eigenvalue weighted by molar-refractivity contribution is 5.94. The Morgan fingerprint density at radius 1 is 1.27 bits per heavy atom. The van der Waals surface area contributed by atoms with Gasteiger partial charge in [0, 0.05) is 38.3 Å². The number of aromatic nitrogens is 1. The lowest BCUT2D eigenvalue weighted by atomic mass is 9.73. The molecule has 0 bridgehead atoms. The van der Waals surface area contributed by atoms with Crippen LogP contribution >= 0.6 is 0 Å². The van der Waals surface area contributed by atoms with Crippen LogP contribution in [0.1, 0.15) is 28.4 Å². The Balaban J connectivity index is 1.69. The van der Waals surface area contributed by atoms with Crippen LogP contribution in [-0.2, 0) is 4.79 Å². The van der Waals surface area contributed by atoms with Crippen molar-refractivity contribution in [1.82, 2.24) is 14.8 Å². The Morgan fingerprint density at radius 2 is 2.08 bits per heavy atom. The fourth-order valence-electron chi connectivity index (χ4n) is 4.47. The van der Waals surface area contributed by atoms with Crippen molar-refractivity contribution >= 4 is 11.8 Å². The van der Waals surface area contributed by atoms with E-state index in [1.54, 1.807) is 18.3 Å². The van der Waals surface area contributed by atoms with Gasteiger partial charge >= 0.3 is 0 Å². The number of aromatic amines is 1. The van der Waals surface area contributed by atoms with E-state index in [-0.39, 0.29) is 17.7 Å².